The first-order chi connectivity index (χ1) is 9.87. The molecule has 4 nitrogen and oxygen atoms in total. The molecule has 0 spiro atoms. The molecule has 0 saturated carbocycles. The molecular formula is C17H23NO3. The largest absolute Gasteiger partial charge is 0.481 e. The molecule has 0 bridgehead atoms. The van der Waals surface area contributed by atoms with Gasteiger partial charge >= 0.3 is 5.97 Å². The predicted molar refractivity (Wildman–Crippen MR) is 81.5 cm³/mol. The first-order valence-electron chi connectivity index (χ1n) is 7.53. The SMILES string of the molecule is CC(C)(CCC(=O)O)NC(=O)c1ccc2c(c1)CCCC2. The molecule has 2 rings (SSSR count). The molecule has 1 aliphatic carbocycles. The van der Waals surface area contributed by atoms with Crippen LogP contribution in [0.15, 0.2) is 18.2 Å². The van der Waals surface area contributed by atoms with Crippen molar-refractivity contribution in [2.45, 2.75) is 57.9 Å². The normalized spacial score (nSPS) is 14.4. The molecule has 114 valence electrons. The summed E-state index contributed by atoms with van der Waals surface area (Å²) < 4.78 is 0. The maximum absolute atomic E-state index is 12.3. The van der Waals surface area contributed by atoms with Crippen LogP contribution >= 0.6 is 0 Å². The number of benzene rings is 1. The first-order valence-corrected chi connectivity index (χ1v) is 7.53. The van der Waals surface area contributed by atoms with E-state index in [1.165, 1.54) is 24.0 Å². The monoisotopic (exact) mass is 289 g/mol. The van der Waals surface area contributed by atoms with E-state index < -0.39 is 11.5 Å². The maximum atomic E-state index is 12.3. The molecule has 0 heterocycles. The molecule has 0 saturated heterocycles. The minimum Gasteiger partial charge on any atom is -0.481 e. The summed E-state index contributed by atoms with van der Waals surface area (Å²) in [4.78, 5) is 23.0. The number of fused-ring (bicyclic) bond motifs is 1. The fourth-order valence-corrected chi connectivity index (χ4v) is 2.74. The van der Waals surface area contributed by atoms with Crippen LogP contribution in [0.3, 0.4) is 0 Å². The lowest BCUT2D eigenvalue weighted by molar-refractivity contribution is -0.137. The van der Waals surface area contributed by atoms with Gasteiger partial charge in [0.1, 0.15) is 0 Å². The number of carboxylic acid groups (broad SMARTS) is 1. The number of carbonyl (C=O) groups excluding carboxylic acids is 1. The lowest BCUT2D eigenvalue weighted by Gasteiger charge is -2.26. The number of carbonyl (C=O) groups is 2. The topological polar surface area (TPSA) is 66.4 Å². The van der Waals surface area contributed by atoms with Gasteiger partial charge in [0.15, 0.2) is 0 Å². The number of carboxylic acids is 1. The number of hydrogen-bond donors (Lipinski definition) is 2. The molecule has 0 unspecified atom stereocenters. The molecule has 0 fully saturated rings. The third-order valence-electron chi connectivity index (χ3n) is 4.03. The average molecular weight is 289 g/mol. The van der Waals surface area contributed by atoms with Crippen molar-refractivity contribution in [1.82, 2.24) is 5.32 Å². The summed E-state index contributed by atoms with van der Waals surface area (Å²) in [6.07, 6.45) is 5.01. The van der Waals surface area contributed by atoms with Gasteiger partial charge in [0.2, 0.25) is 0 Å². The van der Waals surface area contributed by atoms with Gasteiger partial charge in [-0.1, -0.05) is 6.07 Å². The zero-order valence-corrected chi connectivity index (χ0v) is 12.7. The highest BCUT2D eigenvalue weighted by Gasteiger charge is 2.22. The molecule has 0 radical (unpaired) electrons. The third kappa shape index (κ3) is 4.31. The Kier molecular flexibility index (Phi) is 4.66. The second-order valence-corrected chi connectivity index (χ2v) is 6.42. The van der Waals surface area contributed by atoms with Gasteiger partial charge in [0, 0.05) is 17.5 Å². The van der Waals surface area contributed by atoms with Crippen LogP contribution in [0.2, 0.25) is 0 Å². The van der Waals surface area contributed by atoms with Gasteiger partial charge < -0.3 is 10.4 Å². The van der Waals surface area contributed by atoms with Gasteiger partial charge in [0.05, 0.1) is 0 Å². The van der Waals surface area contributed by atoms with Crippen molar-refractivity contribution in [3.63, 3.8) is 0 Å². The van der Waals surface area contributed by atoms with E-state index in [0.29, 0.717) is 12.0 Å². The van der Waals surface area contributed by atoms with Crippen molar-refractivity contribution in [2.24, 2.45) is 0 Å². The van der Waals surface area contributed by atoms with Crippen LogP contribution in [0.5, 0.6) is 0 Å². The third-order valence-corrected chi connectivity index (χ3v) is 4.03. The van der Waals surface area contributed by atoms with E-state index in [1.807, 2.05) is 32.0 Å². The van der Waals surface area contributed by atoms with Crippen molar-refractivity contribution in [3.8, 4) is 0 Å². The fraction of sp³-hybridized carbons (Fsp3) is 0.529. The summed E-state index contributed by atoms with van der Waals surface area (Å²) >= 11 is 0. The summed E-state index contributed by atoms with van der Waals surface area (Å²) in [5, 5.41) is 11.7. The molecule has 1 aromatic rings. The quantitative estimate of drug-likeness (QED) is 0.876. The van der Waals surface area contributed by atoms with Gasteiger partial charge in [-0.15, -0.1) is 0 Å². The van der Waals surface area contributed by atoms with Crippen LogP contribution in [0.4, 0.5) is 0 Å². The van der Waals surface area contributed by atoms with Crippen LogP contribution in [-0.4, -0.2) is 22.5 Å². The molecule has 1 amide bonds. The lowest BCUT2D eigenvalue weighted by atomic mass is 9.90. The van der Waals surface area contributed by atoms with Gasteiger partial charge in [-0.25, -0.2) is 0 Å². The number of amides is 1. The van der Waals surface area contributed by atoms with Gasteiger partial charge in [-0.2, -0.15) is 0 Å². The van der Waals surface area contributed by atoms with Crippen molar-refractivity contribution < 1.29 is 14.7 Å². The van der Waals surface area contributed by atoms with Crippen LogP contribution in [0.1, 0.15) is 61.0 Å². The van der Waals surface area contributed by atoms with E-state index in [2.05, 4.69) is 5.32 Å². The molecule has 21 heavy (non-hydrogen) atoms. The van der Waals surface area contributed by atoms with Crippen LogP contribution in [0, 0.1) is 0 Å². The van der Waals surface area contributed by atoms with Crippen LogP contribution < -0.4 is 5.32 Å². The minimum absolute atomic E-state index is 0.0530. The highest BCUT2D eigenvalue weighted by Crippen LogP contribution is 2.22. The molecule has 1 aromatic carbocycles. The average Bonchev–Trinajstić information content (AvgIpc) is 2.44. The smallest absolute Gasteiger partial charge is 0.303 e. The first kappa shape index (κ1) is 15.5. The van der Waals surface area contributed by atoms with Crippen LogP contribution in [-0.2, 0) is 17.6 Å². The number of nitrogens with one attached hydrogen (secondary N) is 1. The predicted octanol–water partition coefficient (Wildman–Crippen LogP) is 2.94. The summed E-state index contributed by atoms with van der Waals surface area (Å²) in [5.74, 6) is -0.968. The number of rotatable bonds is 5. The lowest BCUT2D eigenvalue weighted by Crippen LogP contribution is -2.43. The minimum atomic E-state index is -0.842. The van der Waals surface area contributed by atoms with Gasteiger partial charge in [-0.05, 0) is 69.2 Å². The Balaban J connectivity index is 2.04. The maximum Gasteiger partial charge on any atom is 0.303 e. The molecular weight excluding hydrogens is 266 g/mol. The summed E-state index contributed by atoms with van der Waals surface area (Å²) in [6.45, 7) is 3.71. The Bertz CT molecular complexity index is 549. The van der Waals surface area contributed by atoms with E-state index in [9.17, 15) is 9.59 Å². The zero-order valence-electron chi connectivity index (χ0n) is 12.7. The van der Waals surface area contributed by atoms with Crippen molar-refractivity contribution in [3.05, 3.63) is 34.9 Å². The summed E-state index contributed by atoms with van der Waals surface area (Å²) in [6, 6.07) is 5.90. The van der Waals surface area contributed by atoms with E-state index in [0.717, 1.165) is 12.8 Å². The second kappa shape index (κ2) is 6.29. The molecule has 0 atom stereocenters. The van der Waals surface area contributed by atoms with Gasteiger partial charge in [-0.3, -0.25) is 9.59 Å². The molecule has 4 heteroatoms. The number of aliphatic carboxylic acids is 1. The zero-order chi connectivity index (χ0) is 15.5. The molecule has 2 N–H and O–H groups in total. The van der Waals surface area contributed by atoms with Gasteiger partial charge in [0.25, 0.3) is 5.91 Å². The molecule has 0 aromatic heterocycles. The van der Waals surface area contributed by atoms with E-state index in [1.54, 1.807) is 0 Å². The van der Waals surface area contributed by atoms with E-state index in [4.69, 9.17) is 5.11 Å². The molecule has 0 aliphatic heterocycles. The van der Waals surface area contributed by atoms with Crippen LogP contribution in [0.25, 0.3) is 0 Å². The second-order valence-electron chi connectivity index (χ2n) is 6.42. The Morgan fingerprint density at radius 1 is 1.19 bits per heavy atom. The van der Waals surface area contributed by atoms with Crippen molar-refractivity contribution >= 4 is 11.9 Å². The Morgan fingerprint density at radius 3 is 2.52 bits per heavy atom. The Hall–Kier alpha value is -1.84. The summed E-state index contributed by atoms with van der Waals surface area (Å²) in [7, 11) is 0. The molecule has 1 aliphatic rings. The Morgan fingerprint density at radius 2 is 1.86 bits per heavy atom. The highest BCUT2D eigenvalue weighted by molar-refractivity contribution is 5.95. The fourth-order valence-electron chi connectivity index (χ4n) is 2.74. The number of aryl methyl sites for hydroxylation is 2. The van der Waals surface area contributed by atoms with E-state index >= 15 is 0 Å². The highest BCUT2D eigenvalue weighted by atomic mass is 16.4. The number of hydrogen-bond acceptors (Lipinski definition) is 2. The van der Waals surface area contributed by atoms with E-state index in [-0.39, 0.29) is 12.3 Å². The van der Waals surface area contributed by atoms with Crippen molar-refractivity contribution in [2.75, 3.05) is 0 Å². The Labute approximate surface area is 125 Å². The standard InChI is InChI=1S/C17H23NO3/c1-17(2,10-9-15(19)20)18-16(21)14-8-7-12-5-3-4-6-13(12)11-14/h7-8,11H,3-6,9-10H2,1-2H3,(H,18,21)(H,19,20). The summed E-state index contributed by atoms with van der Waals surface area (Å²) in [5.41, 5.74) is 2.77. The van der Waals surface area contributed by atoms with Crippen molar-refractivity contribution in [1.29, 1.82) is 0 Å².